The van der Waals surface area contributed by atoms with Crippen LogP contribution in [0.15, 0.2) is 40.2 Å². The van der Waals surface area contributed by atoms with Gasteiger partial charge >= 0.3 is 0 Å². The summed E-state index contributed by atoms with van der Waals surface area (Å²) in [7, 11) is 0. The number of anilines is 1. The molecule has 5 nitrogen and oxygen atoms in total. The second-order valence-electron chi connectivity index (χ2n) is 6.41. The van der Waals surface area contributed by atoms with Gasteiger partial charge < -0.3 is 10.2 Å². The molecular formula is C19H21BrFN3O2S2. The van der Waals surface area contributed by atoms with Crippen molar-refractivity contribution in [2.45, 2.75) is 6.54 Å². The third kappa shape index (κ3) is 6.58. The van der Waals surface area contributed by atoms with Crippen LogP contribution in [0.2, 0.25) is 0 Å². The van der Waals surface area contributed by atoms with Crippen LogP contribution in [0.3, 0.4) is 0 Å². The van der Waals surface area contributed by atoms with Gasteiger partial charge in [-0.1, -0.05) is 0 Å². The number of benzene rings is 1. The molecule has 150 valence electrons. The van der Waals surface area contributed by atoms with Crippen molar-refractivity contribution in [3.8, 4) is 0 Å². The highest BCUT2D eigenvalue weighted by Crippen LogP contribution is 2.23. The van der Waals surface area contributed by atoms with E-state index in [1.807, 2.05) is 4.90 Å². The van der Waals surface area contributed by atoms with Crippen LogP contribution < -0.4 is 5.32 Å². The number of amides is 2. The van der Waals surface area contributed by atoms with Gasteiger partial charge in [0.1, 0.15) is 5.82 Å². The predicted octanol–water partition coefficient (Wildman–Crippen LogP) is 3.67. The Morgan fingerprint density at radius 3 is 2.43 bits per heavy atom. The van der Waals surface area contributed by atoms with Crippen LogP contribution in [-0.2, 0) is 16.1 Å². The Morgan fingerprint density at radius 1 is 1.07 bits per heavy atom. The quantitative estimate of drug-likeness (QED) is 0.649. The second-order valence-corrected chi connectivity index (χ2v) is 9.94. The van der Waals surface area contributed by atoms with Gasteiger partial charge in [0, 0.05) is 43.3 Å². The number of nitrogens with one attached hydrogen (secondary N) is 1. The maximum Gasteiger partial charge on any atom is 0.234 e. The van der Waals surface area contributed by atoms with Crippen molar-refractivity contribution in [3.63, 3.8) is 0 Å². The molecule has 1 aromatic heterocycles. The van der Waals surface area contributed by atoms with Gasteiger partial charge in [-0.15, -0.1) is 23.1 Å². The third-order valence-corrected chi connectivity index (χ3v) is 6.85. The average molecular weight is 486 g/mol. The van der Waals surface area contributed by atoms with E-state index < -0.39 is 0 Å². The highest BCUT2D eigenvalue weighted by molar-refractivity contribution is 9.11. The summed E-state index contributed by atoms with van der Waals surface area (Å²) in [6.45, 7) is 4.06. The standard InChI is InChI=1S/C19H21BrFN3O2S2/c20-17-6-5-16(28-17)11-23-7-9-24(10-8-23)19(26)13-27-12-18(25)22-15-3-1-14(21)2-4-15/h1-6H,7-13H2,(H,22,25). The predicted molar refractivity (Wildman–Crippen MR) is 116 cm³/mol. The molecule has 0 bridgehead atoms. The molecule has 0 spiro atoms. The maximum atomic E-state index is 12.9. The summed E-state index contributed by atoms with van der Waals surface area (Å²) in [6.07, 6.45) is 0. The van der Waals surface area contributed by atoms with Crippen LogP contribution in [0.25, 0.3) is 0 Å². The summed E-state index contributed by atoms with van der Waals surface area (Å²) in [5, 5.41) is 2.69. The van der Waals surface area contributed by atoms with Crippen LogP contribution in [-0.4, -0.2) is 59.3 Å². The van der Waals surface area contributed by atoms with E-state index in [9.17, 15) is 14.0 Å². The van der Waals surface area contributed by atoms with Gasteiger partial charge in [-0.3, -0.25) is 14.5 Å². The van der Waals surface area contributed by atoms with E-state index in [2.05, 4.69) is 38.3 Å². The molecule has 0 unspecified atom stereocenters. The van der Waals surface area contributed by atoms with Gasteiger partial charge in [0.05, 0.1) is 15.3 Å². The normalized spacial score (nSPS) is 14.9. The number of nitrogens with zero attached hydrogens (tertiary/aromatic N) is 2. The van der Waals surface area contributed by atoms with Crippen molar-refractivity contribution in [2.24, 2.45) is 0 Å². The molecule has 1 aliphatic heterocycles. The summed E-state index contributed by atoms with van der Waals surface area (Å²) in [4.78, 5) is 29.8. The largest absolute Gasteiger partial charge is 0.339 e. The molecule has 2 amide bonds. The first kappa shape index (κ1) is 21.3. The van der Waals surface area contributed by atoms with E-state index in [4.69, 9.17) is 0 Å². The van der Waals surface area contributed by atoms with Gasteiger partial charge in [-0.2, -0.15) is 0 Å². The number of thioether (sulfide) groups is 1. The van der Waals surface area contributed by atoms with Crippen LogP contribution in [0.5, 0.6) is 0 Å². The minimum Gasteiger partial charge on any atom is -0.339 e. The molecule has 2 heterocycles. The van der Waals surface area contributed by atoms with Crippen LogP contribution in [0.1, 0.15) is 4.88 Å². The molecule has 1 aliphatic rings. The lowest BCUT2D eigenvalue weighted by atomic mass is 10.3. The summed E-state index contributed by atoms with van der Waals surface area (Å²) in [5.41, 5.74) is 0.548. The molecule has 0 saturated carbocycles. The smallest absolute Gasteiger partial charge is 0.234 e. The molecule has 0 atom stereocenters. The Morgan fingerprint density at radius 2 is 1.79 bits per heavy atom. The van der Waals surface area contributed by atoms with Gasteiger partial charge in [-0.25, -0.2) is 4.39 Å². The molecule has 0 radical (unpaired) electrons. The second kappa shape index (κ2) is 10.4. The Bertz CT molecular complexity index is 808. The molecule has 28 heavy (non-hydrogen) atoms. The maximum absolute atomic E-state index is 12.9. The van der Waals surface area contributed by atoms with Gasteiger partial charge in [0.15, 0.2) is 0 Å². The fourth-order valence-corrected chi connectivity index (χ4v) is 5.11. The number of hydrogen-bond acceptors (Lipinski definition) is 5. The zero-order valence-electron chi connectivity index (χ0n) is 15.2. The number of rotatable bonds is 7. The third-order valence-electron chi connectivity index (χ3n) is 4.32. The lowest BCUT2D eigenvalue weighted by molar-refractivity contribution is -0.130. The molecular weight excluding hydrogens is 465 g/mol. The van der Waals surface area contributed by atoms with Crippen LogP contribution in [0.4, 0.5) is 10.1 Å². The Kier molecular flexibility index (Phi) is 7.90. The van der Waals surface area contributed by atoms with E-state index in [-0.39, 0.29) is 29.1 Å². The number of hydrogen-bond donors (Lipinski definition) is 1. The molecule has 0 aliphatic carbocycles. The molecule has 1 saturated heterocycles. The molecule has 3 rings (SSSR count). The van der Waals surface area contributed by atoms with E-state index in [1.165, 1.54) is 40.9 Å². The summed E-state index contributed by atoms with van der Waals surface area (Å²) in [5.74, 6) is 0.00108. The van der Waals surface area contributed by atoms with E-state index >= 15 is 0 Å². The molecule has 2 aromatic rings. The summed E-state index contributed by atoms with van der Waals surface area (Å²) in [6, 6.07) is 9.80. The Hall–Kier alpha value is -1.42. The van der Waals surface area contributed by atoms with E-state index in [0.29, 0.717) is 18.8 Å². The van der Waals surface area contributed by atoms with Crippen molar-refractivity contribution in [1.82, 2.24) is 9.80 Å². The summed E-state index contributed by atoms with van der Waals surface area (Å²) < 4.78 is 14.0. The van der Waals surface area contributed by atoms with Crippen LogP contribution in [0, 0.1) is 5.82 Å². The average Bonchev–Trinajstić information content (AvgIpc) is 3.09. The molecule has 1 N–H and O–H groups in total. The lowest BCUT2D eigenvalue weighted by Crippen LogP contribution is -2.48. The number of carbonyl (C=O) groups excluding carboxylic acids is 2. The highest BCUT2D eigenvalue weighted by Gasteiger charge is 2.21. The first-order chi connectivity index (χ1) is 13.5. The van der Waals surface area contributed by atoms with Gasteiger partial charge in [0.25, 0.3) is 0 Å². The molecule has 1 aromatic carbocycles. The van der Waals surface area contributed by atoms with E-state index in [0.717, 1.165) is 23.4 Å². The fourth-order valence-electron chi connectivity index (χ4n) is 2.87. The lowest BCUT2D eigenvalue weighted by Gasteiger charge is -2.34. The molecule has 1 fully saturated rings. The monoisotopic (exact) mass is 485 g/mol. The zero-order valence-corrected chi connectivity index (χ0v) is 18.4. The van der Waals surface area contributed by atoms with Crippen molar-refractivity contribution in [3.05, 3.63) is 50.9 Å². The topological polar surface area (TPSA) is 52.7 Å². The summed E-state index contributed by atoms with van der Waals surface area (Å²) >= 11 is 6.52. The SMILES string of the molecule is O=C(CSCC(=O)N1CCN(Cc2ccc(Br)s2)CC1)Nc1ccc(F)cc1. The minimum atomic E-state index is -0.346. The Balaban J connectivity index is 1.33. The fraction of sp³-hybridized carbons (Fsp3) is 0.368. The minimum absolute atomic E-state index is 0.0677. The van der Waals surface area contributed by atoms with Crippen molar-refractivity contribution in [2.75, 3.05) is 43.0 Å². The van der Waals surface area contributed by atoms with Crippen LogP contribution >= 0.6 is 39.0 Å². The number of piperazine rings is 1. The first-order valence-electron chi connectivity index (χ1n) is 8.87. The highest BCUT2D eigenvalue weighted by atomic mass is 79.9. The number of halogens is 2. The number of thiophene rings is 1. The van der Waals surface area contributed by atoms with Gasteiger partial charge in [-0.05, 0) is 52.3 Å². The zero-order chi connectivity index (χ0) is 19.9. The van der Waals surface area contributed by atoms with Crippen molar-refractivity contribution in [1.29, 1.82) is 0 Å². The van der Waals surface area contributed by atoms with Crippen molar-refractivity contribution < 1.29 is 14.0 Å². The van der Waals surface area contributed by atoms with Gasteiger partial charge in [0.2, 0.25) is 11.8 Å². The van der Waals surface area contributed by atoms with E-state index in [1.54, 1.807) is 11.3 Å². The number of carbonyl (C=O) groups is 2. The molecule has 9 heteroatoms. The Labute approximate surface area is 180 Å². The van der Waals surface area contributed by atoms with Crippen molar-refractivity contribution >= 4 is 56.5 Å². The first-order valence-corrected chi connectivity index (χ1v) is 11.6.